The number of hydrogen-bond acceptors (Lipinski definition) is 4. The SMILES string of the molecule is CCC(C)NCc1cnc(CCOC)s1. The monoisotopic (exact) mass is 228 g/mol. The summed E-state index contributed by atoms with van der Waals surface area (Å²) in [5.74, 6) is 0. The van der Waals surface area contributed by atoms with Crippen LogP contribution in [0.4, 0.5) is 0 Å². The van der Waals surface area contributed by atoms with Gasteiger partial charge in [-0.15, -0.1) is 11.3 Å². The maximum atomic E-state index is 5.02. The predicted octanol–water partition coefficient (Wildman–Crippen LogP) is 2.22. The van der Waals surface area contributed by atoms with Crippen LogP contribution in [0, 0.1) is 0 Å². The second-order valence-electron chi connectivity index (χ2n) is 3.65. The first kappa shape index (κ1) is 12.6. The first-order valence-corrected chi connectivity index (χ1v) is 6.23. The van der Waals surface area contributed by atoms with Crippen molar-refractivity contribution in [2.75, 3.05) is 13.7 Å². The van der Waals surface area contributed by atoms with E-state index in [-0.39, 0.29) is 0 Å². The topological polar surface area (TPSA) is 34.2 Å². The van der Waals surface area contributed by atoms with E-state index in [0.717, 1.165) is 31.0 Å². The highest BCUT2D eigenvalue weighted by molar-refractivity contribution is 7.11. The number of nitrogens with one attached hydrogen (secondary N) is 1. The van der Waals surface area contributed by atoms with Crippen LogP contribution in [0.1, 0.15) is 30.2 Å². The molecule has 4 heteroatoms. The molecule has 0 fully saturated rings. The van der Waals surface area contributed by atoms with Gasteiger partial charge in [0.1, 0.15) is 0 Å². The summed E-state index contributed by atoms with van der Waals surface area (Å²) in [6.45, 7) is 6.08. The van der Waals surface area contributed by atoms with E-state index in [0.29, 0.717) is 6.04 Å². The molecule has 1 rings (SSSR count). The van der Waals surface area contributed by atoms with Gasteiger partial charge in [0.2, 0.25) is 0 Å². The molecule has 1 aromatic rings. The van der Waals surface area contributed by atoms with Crippen LogP contribution in [0.15, 0.2) is 6.20 Å². The van der Waals surface area contributed by atoms with Crippen LogP contribution in [0.5, 0.6) is 0 Å². The highest BCUT2D eigenvalue weighted by Gasteiger charge is 2.03. The predicted molar refractivity (Wildman–Crippen MR) is 64.3 cm³/mol. The largest absolute Gasteiger partial charge is 0.384 e. The normalized spacial score (nSPS) is 13.0. The molecule has 86 valence electrons. The van der Waals surface area contributed by atoms with Gasteiger partial charge in [-0.1, -0.05) is 6.92 Å². The Kier molecular flexibility index (Phi) is 5.83. The molecule has 1 heterocycles. The summed E-state index contributed by atoms with van der Waals surface area (Å²) in [5.41, 5.74) is 0. The molecule has 0 bridgehead atoms. The van der Waals surface area contributed by atoms with E-state index in [9.17, 15) is 0 Å². The summed E-state index contributed by atoms with van der Waals surface area (Å²) in [6.07, 6.45) is 4.05. The van der Waals surface area contributed by atoms with Gasteiger partial charge in [0.05, 0.1) is 11.6 Å². The zero-order valence-corrected chi connectivity index (χ0v) is 10.6. The van der Waals surface area contributed by atoms with Gasteiger partial charge >= 0.3 is 0 Å². The molecule has 0 aliphatic rings. The molecular formula is C11H20N2OS. The van der Waals surface area contributed by atoms with Crippen LogP contribution in [0.2, 0.25) is 0 Å². The molecule has 1 N–H and O–H groups in total. The fourth-order valence-electron chi connectivity index (χ4n) is 1.15. The van der Waals surface area contributed by atoms with Crippen LogP contribution in [-0.4, -0.2) is 24.7 Å². The third-order valence-corrected chi connectivity index (χ3v) is 3.42. The van der Waals surface area contributed by atoms with Crippen molar-refractivity contribution in [3.8, 4) is 0 Å². The summed E-state index contributed by atoms with van der Waals surface area (Å²) in [7, 11) is 1.72. The molecule has 1 unspecified atom stereocenters. The molecular weight excluding hydrogens is 208 g/mol. The van der Waals surface area contributed by atoms with Crippen LogP contribution >= 0.6 is 11.3 Å². The zero-order chi connectivity index (χ0) is 11.1. The first-order chi connectivity index (χ1) is 7.26. The minimum Gasteiger partial charge on any atom is -0.384 e. The van der Waals surface area contributed by atoms with Crippen molar-refractivity contribution >= 4 is 11.3 Å². The Morgan fingerprint density at radius 3 is 3.07 bits per heavy atom. The second-order valence-corrected chi connectivity index (χ2v) is 4.85. The maximum Gasteiger partial charge on any atom is 0.0951 e. The standard InChI is InChI=1S/C11H20N2OS/c1-4-9(2)12-7-10-8-13-11(15-10)5-6-14-3/h8-9,12H,4-7H2,1-3H3. The van der Waals surface area contributed by atoms with E-state index < -0.39 is 0 Å². The van der Waals surface area contributed by atoms with E-state index in [2.05, 4.69) is 24.1 Å². The lowest BCUT2D eigenvalue weighted by Gasteiger charge is -2.08. The van der Waals surface area contributed by atoms with E-state index >= 15 is 0 Å². The Labute approximate surface area is 95.9 Å². The fraction of sp³-hybridized carbons (Fsp3) is 0.727. The molecule has 0 amide bonds. The third kappa shape index (κ3) is 4.73. The number of ether oxygens (including phenoxy) is 1. The van der Waals surface area contributed by atoms with Gasteiger partial charge in [-0.3, -0.25) is 0 Å². The van der Waals surface area contributed by atoms with Crippen LogP contribution in [0.25, 0.3) is 0 Å². The van der Waals surface area contributed by atoms with Crippen molar-refractivity contribution in [3.05, 3.63) is 16.1 Å². The van der Waals surface area contributed by atoms with Crippen LogP contribution in [0.3, 0.4) is 0 Å². The molecule has 0 saturated heterocycles. The number of thiazole rings is 1. The number of rotatable bonds is 7. The van der Waals surface area contributed by atoms with Gasteiger partial charge in [-0.05, 0) is 13.3 Å². The average Bonchev–Trinajstić information content (AvgIpc) is 2.71. The minimum atomic E-state index is 0.578. The van der Waals surface area contributed by atoms with Gasteiger partial charge < -0.3 is 10.1 Å². The summed E-state index contributed by atoms with van der Waals surface area (Å²) >= 11 is 1.77. The molecule has 0 aliphatic heterocycles. The smallest absolute Gasteiger partial charge is 0.0951 e. The highest BCUT2D eigenvalue weighted by Crippen LogP contribution is 2.13. The molecule has 0 aliphatic carbocycles. The Morgan fingerprint density at radius 2 is 2.40 bits per heavy atom. The van der Waals surface area contributed by atoms with Crippen LogP contribution < -0.4 is 5.32 Å². The van der Waals surface area contributed by atoms with Crippen molar-refractivity contribution in [2.45, 2.75) is 39.3 Å². The van der Waals surface area contributed by atoms with Gasteiger partial charge in [-0.2, -0.15) is 0 Å². The van der Waals surface area contributed by atoms with Gasteiger partial charge in [0.25, 0.3) is 0 Å². The van der Waals surface area contributed by atoms with Crippen molar-refractivity contribution in [2.24, 2.45) is 0 Å². The van der Waals surface area contributed by atoms with Crippen molar-refractivity contribution in [1.29, 1.82) is 0 Å². The first-order valence-electron chi connectivity index (χ1n) is 5.42. The van der Waals surface area contributed by atoms with E-state index in [4.69, 9.17) is 4.74 Å². The molecule has 1 aromatic heterocycles. The molecule has 3 nitrogen and oxygen atoms in total. The van der Waals surface area contributed by atoms with Gasteiger partial charge in [-0.25, -0.2) is 4.98 Å². The van der Waals surface area contributed by atoms with Crippen LogP contribution in [-0.2, 0) is 17.7 Å². The Hall–Kier alpha value is -0.450. The second kappa shape index (κ2) is 6.93. The maximum absolute atomic E-state index is 5.02. The summed E-state index contributed by atoms with van der Waals surface area (Å²) in [4.78, 5) is 5.66. The Morgan fingerprint density at radius 1 is 1.60 bits per heavy atom. The average molecular weight is 228 g/mol. The molecule has 0 spiro atoms. The van der Waals surface area contributed by atoms with Gasteiger partial charge in [0.15, 0.2) is 0 Å². The third-order valence-electron chi connectivity index (χ3n) is 2.36. The summed E-state index contributed by atoms with van der Waals surface area (Å²) < 4.78 is 5.02. The lowest BCUT2D eigenvalue weighted by Crippen LogP contribution is -2.23. The fourth-order valence-corrected chi connectivity index (χ4v) is 2.01. The van der Waals surface area contributed by atoms with Crippen molar-refractivity contribution in [3.63, 3.8) is 0 Å². The molecule has 15 heavy (non-hydrogen) atoms. The Balaban J connectivity index is 2.32. The van der Waals surface area contributed by atoms with E-state index in [1.165, 1.54) is 4.88 Å². The van der Waals surface area contributed by atoms with Crippen molar-refractivity contribution < 1.29 is 4.74 Å². The summed E-state index contributed by atoms with van der Waals surface area (Å²) in [6, 6.07) is 0.578. The lowest BCUT2D eigenvalue weighted by molar-refractivity contribution is 0.202. The lowest BCUT2D eigenvalue weighted by atomic mass is 10.2. The number of methoxy groups -OCH3 is 1. The van der Waals surface area contributed by atoms with Crippen molar-refractivity contribution in [1.82, 2.24) is 10.3 Å². The van der Waals surface area contributed by atoms with E-state index in [1.807, 2.05) is 6.20 Å². The molecule has 0 saturated carbocycles. The number of nitrogens with zero attached hydrogens (tertiary/aromatic N) is 1. The van der Waals surface area contributed by atoms with Gasteiger partial charge in [0, 0.05) is 37.2 Å². The Bertz CT molecular complexity index is 275. The molecule has 0 radical (unpaired) electrons. The molecule has 1 atom stereocenters. The summed E-state index contributed by atoms with van der Waals surface area (Å²) in [5, 5.41) is 4.62. The van der Waals surface area contributed by atoms with E-state index in [1.54, 1.807) is 18.4 Å². The minimum absolute atomic E-state index is 0.578. The number of hydrogen-bond donors (Lipinski definition) is 1. The number of aromatic nitrogens is 1. The zero-order valence-electron chi connectivity index (χ0n) is 9.75. The quantitative estimate of drug-likeness (QED) is 0.777. The highest BCUT2D eigenvalue weighted by atomic mass is 32.1. The molecule has 0 aromatic carbocycles.